The van der Waals surface area contributed by atoms with Gasteiger partial charge in [-0.25, -0.2) is 17.5 Å². The van der Waals surface area contributed by atoms with E-state index in [1.807, 2.05) is 0 Å². The van der Waals surface area contributed by atoms with Gasteiger partial charge in [0.1, 0.15) is 5.82 Å². The zero-order valence-corrected chi connectivity index (χ0v) is 11.2. The lowest BCUT2D eigenvalue weighted by molar-refractivity contribution is 0.579. The van der Waals surface area contributed by atoms with E-state index in [4.69, 9.17) is 0 Å². The predicted octanol–water partition coefficient (Wildman–Crippen LogP) is 2.61. The molecule has 0 heterocycles. The molecule has 0 fully saturated rings. The molecule has 3 nitrogen and oxygen atoms in total. The fourth-order valence-corrected chi connectivity index (χ4v) is 3.02. The molecule has 0 bridgehead atoms. The molecule has 0 aromatic heterocycles. The summed E-state index contributed by atoms with van der Waals surface area (Å²) in [7, 11) is -3.57. The van der Waals surface area contributed by atoms with Gasteiger partial charge in [0.15, 0.2) is 0 Å². The zero-order valence-electron chi connectivity index (χ0n) is 10.4. The first-order valence-electron chi connectivity index (χ1n) is 5.79. The van der Waals surface area contributed by atoms with Crippen LogP contribution in [0, 0.1) is 12.7 Å². The first-order valence-corrected chi connectivity index (χ1v) is 7.27. The third kappa shape index (κ3) is 3.39. The Morgan fingerprint density at radius 2 is 1.84 bits per heavy atom. The summed E-state index contributed by atoms with van der Waals surface area (Å²) in [5.41, 5.74) is 1.26. The molecule has 0 aliphatic rings. The average Bonchev–Trinajstić information content (AvgIpc) is 2.37. The Morgan fingerprint density at radius 1 is 1.11 bits per heavy atom. The first-order chi connectivity index (χ1) is 8.99. The van der Waals surface area contributed by atoms with Gasteiger partial charge in [-0.1, -0.05) is 30.3 Å². The van der Waals surface area contributed by atoms with Gasteiger partial charge in [0, 0.05) is 6.54 Å². The Labute approximate surface area is 112 Å². The summed E-state index contributed by atoms with van der Waals surface area (Å²) < 4.78 is 39.7. The average molecular weight is 279 g/mol. The molecule has 0 saturated heterocycles. The molecule has 2 rings (SSSR count). The van der Waals surface area contributed by atoms with Gasteiger partial charge in [-0.3, -0.25) is 0 Å². The Morgan fingerprint density at radius 3 is 2.53 bits per heavy atom. The highest BCUT2D eigenvalue weighted by atomic mass is 32.2. The Bertz CT molecular complexity index is 683. The van der Waals surface area contributed by atoms with E-state index in [1.54, 1.807) is 43.3 Å². The highest BCUT2D eigenvalue weighted by molar-refractivity contribution is 7.89. The first kappa shape index (κ1) is 13.7. The number of aryl methyl sites for hydroxylation is 1. The topological polar surface area (TPSA) is 46.2 Å². The molecule has 0 unspecified atom stereocenters. The zero-order chi connectivity index (χ0) is 13.9. The molecule has 0 saturated carbocycles. The summed E-state index contributed by atoms with van der Waals surface area (Å²) in [6.45, 7) is 1.80. The van der Waals surface area contributed by atoms with E-state index >= 15 is 0 Å². The van der Waals surface area contributed by atoms with Crippen LogP contribution in [0.25, 0.3) is 0 Å². The van der Waals surface area contributed by atoms with E-state index in [0.29, 0.717) is 11.1 Å². The van der Waals surface area contributed by atoms with Crippen molar-refractivity contribution in [2.45, 2.75) is 18.4 Å². The second-order valence-electron chi connectivity index (χ2n) is 4.22. The number of halogens is 1. The maximum absolute atomic E-state index is 13.0. The highest BCUT2D eigenvalue weighted by Crippen LogP contribution is 2.14. The Balaban J connectivity index is 2.17. The van der Waals surface area contributed by atoms with Gasteiger partial charge < -0.3 is 0 Å². The van der Waals surface area contributed by atoms with Crippen molar-refractivity contribution >= 4 is 10.0 Å². The van der Waals surface area contributed by atoms with Crippen molar-refractivity contribution in [2.24, 2.45) is 0 Å². The van der Waals surface area contributed by atoms with Crippen LogP contribution >= 0.6 is 0 Å². The fourth-order valence-electron chi connectivity index (χ4n) is 1.76. The minimum Gasteiger partial charge on any atom is -0.207 e. The lowest BCUT2D eigenvalue weighted by Gasteiger charge is -2.09. The largest absolute Gasteiger partial charge is 0.241 e. The normalized spacial score (nSPS) is 11.5. The van der Waals surface area contributed by atoms with Crippen molar-refractivity contribution in [1.82, 2.24) is 4.72 Å². The maximum atomic E-state index is 13.0. The van der Waals surface area contributed by atoms with Crippen LogP contribution in [0.15, 0.2) is 53.4 Å². The van der Waals surface area contributed by atoms with Gasteiger partial charge in [-0.2, -0.15) is 0 Å². The highest BCUT2D eigenvalue weighted by Gasteiger charge is 2.15. The molecule has 19 heavy (non-hydrogen) atoms. The quantitative estimate of drug-likeness (QED) is 0.935. The van der Waals surface area contributed by atoms with E-state index in [9.17, 15) is 12.8 Å². The number of nitrogens with one attached hydrogen (secondary N) is 1. The van der Waals surface area contributed by atoms with E-state index in [2.05, 4.69) is 4.72 Å². The standard InChI is InChI=1S/C14H14FNO2S/c1-11-5-2-3-8-14(11)19(17,18)16-10-12-6-4-7-13(15)9-12/h2-9,16H,10H2,1H3. The third-order valence-corrected chi connectivity index (χ3v) is 4.30. The van der Waals surface area contributed by atoms with Crippen molar-refractivity contribution in [3.05, 3.63) is 65.5 Å². The van der Waals surface area contributed by atoms with Crippen LogP contribution in [0.1, 0.15) is 11.1 Å². The molecule has 0 amide bonds. The lowest BCUT2D eigenvalue weighted by atomic mass is 10.2. The van der Waals surface area contributed by atoms with Gasteiger partial charge in [-0.05, 0) is 36.2 Å². The number of hydrogen-bond donors (Lipinski definition) is 1. The molecule has 5 heteroatoms. The van der Waals surface area contributed by atoms with E-state index < -0.39 is 10.0 Å². The molecule has 1 N–H and O–H groups in total. The van der Waals surface area contributed by atoms with E-state index in [1.165, 1.54) is 12.1 Å². The minimum atomic E-state index is -3.57. The van der Waals surface area contributed by atoms with Crippen molar-refractivity contribution < 1.29 is 12.8 Å². The Kier molecular flexibility index (Phi) is 3.97. The molecular formula is C14H14FNO2S. The Hall–Kier alpha value is -1.72. The van der Waals surface area contributed by atoms with Gasteiger partial charge in [-0.15, -0.1) is 0 Å². The molecular weight excluding hydrogens is 265 g/mol. The summed E-state index contributed by atoms with van der Waals surface area (Å²) in [5.74, 6) is -0.382. The number of hydrogen-bond acceptors (Lipinski definition) is 2. The number of rotatable bonds is 4. The monoisotopic (exact) mass is 279 g/mol. The maximum Gasteiger partial charge on any atom is 0.241 e. The fraction of sp³-hybridized carbons (Fsp3) is 0.143. The van der Waals surface area contributed by atoms with E-state index in [0.717, 1.165) is 0 Å². The molecule has 100 valence electrons. The molecule has 0 atom stereocenters. The molecule has 0 spiro atoms. The number of benzene rings is 2. The van der Waals surface area contributed by atoms with Crippen LogP contribution in [0.4, 0.5) is 4.39 Å². The van der Waals surface area contributed by atoms with Crippen LogP contribution in [0.2, 0.25) is 0 Å². The molecule has 2 aromatic carbocycles. The van der Waals surface area contributed by atoms with Crippen LogP contribution in [-0.4, -0.2) is 8.42 Å². The molecule has 0 aliphatic heterocycles. The van der Waals surface area contributed by atoms with Crippen LogP contribution < -0.4 is 4.72 Å². The summed E-state index contributed by atoms with van der Waals surface area (Å²) >= 11 is 0. The van der Waals surface area contributed by atoms with E-state index in [-0.39, 0.29) is 17.3 Å². The van der Waals surface area contributed by atoms with Crippen molar-refractivity contribution in [3.63, 3.8) is 0 Å². The summed E-state index contributed by atoms with van der Waals surface area (Å²) in [6, 6.07) is 12.6. The molecule has 2 aromatic rings. The minimum absolute atomic E-state index is 0.0639. The van der Waals surface area contributed by atoms with Crippen molar-refractivity contribution in [3.8, 4) is 0 Å². The van der Waals surface area contributed by atoms with Gasteiger partial charge in [0.05, 0.1) is 4.90 Å². The van der Waals surface area contributed by atoms with Gasteiger partial charge >= 0.3 is 0 Å². The predicted molar refractivity (Wildman–Crippen MR) is 71.6 cm³/mol. The smallest absolute Gasteiger partial charge is 0.207 e. The molecule has 0 radical (unpaired) electrons. The number of sulfonamides is 1. The van der Waals surface area contributed by atoms with Crippen LogP contribution in [0.5, 0.6) is 0 Å². The summed E-state index contributed by atoms with van der Waals surface area (Å²) in [4.78, 5) is 0.242. The van der Waals surface area contributed by atoms with Gasteiger partial charge in [0.25, 0.3) is 0 Å². The van der Waals surface area contributed by atoms with Crippen molar-refractivity contribution in [1.29, 1.82) is 0 Å². The van der Waals surface area contributed by atoms with Crippen molar-refractivity contribution in [2.75, 3.05) is 0 Å². The summed E-state index contributed by atoms with van der Waals surface area (Å²) in [6.07, 6.45) is 0. The second kappa shape index (κ2) is 5.50. The third-order valence-electron chi connectivity index (χ3n) is 2.74. The SMILES string of the molecule is Cc1ccccc1S(=O)(=O)NCc1cccc(F)c1. The molecule has 0 aliphatic carbocycles. The second-order valence-corrected chi connectivity index (χ2v) is 5.96. The summed E-state index contributed by atoms with van der Waals surface area (Å²) in [5, 5.41) is 0. The lowest BCUT2D eigenvalue weighted by Crippen LogP contribution is -2.24. The van der Waals surface area contributed by atoms with Crippen LogP contribution in [-0.2, 0) is 16.6 Å². The van der Waals surface area contributed by atoms with Crippen LogP contribution in [0.3, 0.4) is 0 Å². The van der Waals surface area contributed by atoms with Gasteiger partial charge in [0.2, 0.25) is 10.0 Å².